The Balaban J connectivity index is 0.000000675. The minimum absolute atomic E-state index is 0.113. The first kappa shape index (κ1) is 27.4. The second-order valence-electron chi connectivity index (χ2n) is 7.05. The largest absolute Gasteiger partial charge is 0.490 e. The van der Waals surface area contributed by atoms with Crippen molar-refractivity contribution in [2.45, 2.75) is 32.5 Å². The normalized spacial score (nSPS) is 11.8. The van der Waals surface area contributed by atoms with Gasteiger partial charge in [0, 0.05) is 22.5 Å². The van der Waals surface area contributed by atoms with E-state index in [0.717, 1.165) is 0 Å². The van der Waals surface area contributed by atoms with Crippen molar-refractivity contribution in [3.8, 4) is 0 Å². The van der Waals surface area contributed by atoms with Gasteiger partial charge in [0.15, 0.2) is 5.96 Å². The molecule has 0 aliphatic heterocycles. The van der Waals surface area contributed by atoms with E-state index in [2.05, 4.69) is 15.6 Å². The van der Waals surface area contributed by atoms with Crippen LogP contribution in [0.1, 0.15) is 30.6 Å². The fraction of sp³-hybridized carbons (Fsp3) is 0.316. The molecule has 7 N–H and O–H groups in total. The lowest BCUT2D eigenvalue weighted by Crippen LogP contribution is -2.41. The van der Waals surface area contributed by atoms with E-state index in [4.69, 9.17) is 32.6 Å². The van der Waals surface area contributed by atoms with Crippen molar-refractivity contribution >= 4 is 52.0 Å². The number of carboxylic acid groups (broad SMARTS) is 2. The second-order valence-corrected chi connectivity index (χ2v) is 7.46. The Morgan fingerprint density at radius 2 is 1.79 bits per heavy atom. The van der Waals surface area contributed by atoms with Crippen molar-refractivity contribution in [1.82, 2.24) is 10.3 Å². The number of nitrogens with zero attached hydrogens (tertiary/aromatic N) is 1. The summed E-state index contributed by atoms with van der Waals surface area (Å²) in [6, 6.07) is 3.74. The van der Waals surface area contributed by atoms with Crippen LogP contribution in [0, 0.1) is 11.3 Å². The number of carbonyl (C=O) groups excluding carboxylic acids is 1. The van der Waals surface area contributed by atoms with E-state index in [9.17, 15) is 27.9 Å². The molecule has 0 aliphatic carbocycles. The summed E-state index contributed by atoms with van der Waals surface area (Å²) in [6.45, 7) is 3.76. The number of nitrogens with two attached hydrogens (primary N) is 1. The maximum atomic E-state index is 12.5. The van der Waals surface area contributed by atoms with Gasteiger partial charge >= 0.3 is 18.1 Å². The fourth-order valence-electron chi connectivity index (χ4n) is 2.51. The van der Waals surface area contributed by atoms with Crippen LogP contribution < -0.4 is 16.4 Å². The minimum atomic E-state index is -5.08. The number of pyridine rings is 1. The van der Waals surface area contributed by atoms with E-state index in [0.29, 0.717) is 22.2 Å². The second kappa shape index (κ2) is 11.3. The molecule has 0 fully saturated rings. The monoisotopic (exact) mass is 491 g/mol. The van der Waals surface area contributed by atoms with Crippen molar-refractivity contribution in [2.75, 3.05) is 5.32 Å². The minimum Gasteiger partial charge on any atom is -0.480 e. The number of alkyl halides is 3. The van der Waals surface area contributed by atoms with Gasteiger partial charge in [-0.05, 0) is 24.5 Å². The molecule has 1 amide bonds. The molecule has 0 radical (unpaired) electrons. The first-order chi connectivity index (χ1) is 15.1. The van der Waals surface area contributed by atoms with Crippen LogP contribution in [0.2, 0.25) is 5.02 Å². The zero-order valence-electron chi connectivity index (χ0n) is 17.3. The molecule has 0 bridgehead atoms. The first-order valence-corrected chi connectivity index (χ1v) is 9.54. The van der Waals surface area contributed by atoms with Crippen LogP contribution in [0.15, 0.2) is 24.4 Å². The molecular formula is C19H21ClF3N5O5. The Morgan fingerprint density at radius 3 is 2.24 bits per heavy atom. The van der Waals surface area contributed by atoms with E-state index in [1.165, 1.54) is 12.3 Å². The molecule has 0 spiro atoms. The maximum absolute atomic E-state index is 12.5. The molecule has 0 unspecified atom stereocenters. The summed E-state index contributed by atoms with van der Waals surface area (Å²) < 4.78 is 31.7. The predicted octanol–water partition coefficient (Wildman–Crippen LogP) is 3.06. The highest BCUT2D eigenvalue weighted by atomic mass is 35.5. The molecular weight excluding hydrogens is 471 g/mol. The van der Waals surface area contributed by atoms with Crippen LogP contribution in [0.4, 0.5) is 19.0 Å². The van der Waals surface area contributed by atoms with Gasteiger partial charge in [0.1, 0.15) is 11.9 Å². The molecule has 33 heavy (non-hydrogen) atoms. The van der Waals surface area contributed by atoms with Crippen LogP contribution in [-0.2, 0) is 9.59 Å². The average molecular weight is 492 g/mol. The van der Waals surface area contributed by atoms with Gasteiger partial charge in [-0.1, -0.05) is 31.5 Å². The lowest BCUT2D eigenvalue weighted by Gasteiger charge is -2.17. The maximum Gasteiger partial charge on any atom is 0.490 e. The number of amides is 1. The van der Waals surface area contributed by atoms with Gasteiger partial charge in [-0.2, -0.15) is 13.2 Å². The van der Waals surface area contributed by atoms with Crippen molar-refractivity contribution in [1.29, 1.82) is 5.41 Å². The predicted molar refractivity (Wildman–Crippen MR) is 114 cm³/mol. The molecule has 10 nitrogen and oxygen atoms in total. The highest BCUT2D eigenvalue weighted by molar-refractivity contribution is 6.36. The number of carboxylic acids is 2. The van der Waals surface area contributed by atoms with Crippen molar-refractivity contribution in [3.63, 3.8) is 0 Å². The van der Waals surface area contributed by atoms with Crippen molar-refractivity contribution in [2.24, 2.45) is 11.7 Å². The number of guanidine groups is 1. The number of halogens is 4. The molecule has 1 aromatic heterocycles. The number of hydrogen-bond acceptors (Lipinski definition) is 5. The summed E-state index contributed by atoms with van der Waals surface area (Å²) in [7, 11) is 0. The van der Waals surface area contributed by atoms with Crippen LogP contribution in [-0.4, -0.2) is 51.2 Å². The first-order valence-electron chi connectivity index (χ1n) is 9.16. The molecule has 14 heteroatoms. The summed E-state index contributed by atoms with van der Waals surface area (Å²) in [5.74, 6) is -4.28. The molecule has 0 aliphatic rings. The van der Waals surface area contributed by atoms with Gasteiger partial charge < -0.3 is 26.6 Å². The number of fused-ring (bicyclic) bond motifs is 1. The summed E-state index contributed by atoms with van der Waals surface area (Å²) >= 11 is 6.13. The van der Waals surface area contributed by atoms with Gasteiger partial charge in [0.05, 0.1) is 5.02 Å². The third-order valence-corrected chi connectivity index (χ3v) is 4.21. The topological polar surface area (TPSA) is 178 Å². The van der Waals surface area contributed by atoms with E-state index in [1.807, 2.05) is 13.8 Å². The van der Waals surface area contributed by atoms with Crippen molar-refractivity contribution < 1.29 is 37.8 Å². The van der Waals surface area contributed by atoms with Gasteiger partial charge in [-0.15, -0.1) is 0 Å². The Bertz CT molecular complexity index is 1060. The lowest BCUT2D eigenvalue weighted by atomic mass is 10.0. The Kier molecular flexibility index (Phi) is 9.40. The van der Waals surface area contributed by atoms with Crippen molar-refractivity contribution in [3.05, 3.63) is 35.0 Å². The van der Waals surface area contributed by atoms with Gasteiger partial charge in [0.25, 0.3) is 5.91 Å². The molecule has 0 saturated heterocycles. The number of benzene rings is 1. The van der Waals surface area contributed by atoms with Crippen LogP contribution in [0.25, 0.3) is 10.8 Å². The molecule has 1 atom stereocenters. The van der Waals surface area contributed by atoms with Gasteiger partial charge in [-0.25, -0.2) is 14.6 Å². The Hall–Kier alpha value is -3.61. The fourth-order valence-corrected chi connectivity index (χ4v) is 2.73. The number of aromatic nitrogens is 1. The molecule has 0 saturated carbocycles. The zero-order valence-corrected chi connectivity index (χ0v) is 18.1. The van der Waals surface area contributed by atoms with E-state index in [-0.39, 0.29) is 23.3 Å². The molecule has 180 valence electrons. The van der Waals surface area contributed by atoms with Crippen LogP contribution >= 0.6 is 11.6 Å². The Morgan fingerprint density at radius 1 is 1.21 bits per heavy atom. The number of aliphatic carboxylic acids is 2. The lowest BCUT2D eigenvalue weighted by molar-refractivity contribution is -0.192. The number of hydrogen-bond donors (Lipinski definition) is 6. The summed E-state index contributed by atoms with van der Waals surface area (Å²) in [4.78, 5) is 36.8. The van der Waals surface area contributed by atoms with E-state index in [1.54, 1.807) is 12.1 Å². The highest BCUT2D eigenvalue weighted by Crippen LogP contribution is 2.28. The molecule has 2 rings (SSSR count). The number of nitrogens with one attached hydrogen (secondary N) is 3. The number of anilines is 1. The average Bonchev–Trinajstić information content (AvgIpc) is 2.68. The zero-order chi connectivity index (χ0) is 25.5. The summed E-state index contributed by atoms with van der Waals surface area (Å²) in [5.41, 5.74) is 5.60. The van der Waals surface area contributed by atoms with Gasteiger partial charge in [-0.3, -0.25) is 10.2 Å². The molecule has 1 aromatic carbocycles. The van der Waals surface area contributed by atoms with Crippen LogP contribution in [0.5, 0.6) is 0 Å². The number of rotatable bonds is 6. The highest BCUT2D eigenvalue weighted by Gasteiger charge is 2.38. The summed E-state index contributed by atoms with van der Waals surface area (Å²) in [5, 5.41) is 30.4. The third kappa shape index (κ3) is 8.44. The quantitative estimate of drug-likeness (QED) is 0.263. The standard InChI is InChI=1S/C17H20ClN5O3.C2HF3O2/c1-8(2)5-13(16(25)26)22-15(24)9-3-4-10-11(6-9)14(23-17(19)20)21-7-12(10)18;3-2(4,5)1(6)7/h3-4,6-8,13H,5H2,1-2H3,(H,22,24)(H,25,26)(H4,19,20,21,23);(H,6,7)/t13-;/m0./s1. The van der Waals surface area contributed by atoms with E-state index >= 15 is 0 Å². The summed E-state index contributed by atoms with van der Waals surface area (Å²) in [6.07, 6.45) is -3.35. The van der Waals surface area contributed by atoms with E-state index < -0.39 is 30.1 Å². The number of carbonyl (C=O) groups is 3. The smallest absolute Gasteiger partial charge is 0.480 e. The molecule has 1 heterocycles. The van der Waals surface area contributed by atoms with Gasteiger partial charge in [0.2, 0.25) is 0 Å². The molecule has 2 aromatic rings. The SMILES string of the molecule is CC(C)C[C@H](NC(=O)c1ccc2c(Cl)cnc(NC(=N)N)c2c1)C(=O)O.O=C(O)C(F)(F)F. The third-order valence-electron chi connectivity index (χ3n) is 3.91. The Labute approximate surface area is 190 Å². The van der Waals surface area contributed by atoms with Crippen LogP contribution in [0.3, 0.4) is 0 Å².